The molecule has 0 bridgehead atoms. The monoisotopic (exact) mass is 600 g/mol. The molecule has 5 heterocycles. The van der Waals surface area contributed by atoms with Gasteiger partial charge >= 0.3 is 0 Å². The highest BCUT2D eigenvalue weighted by molar-refractivity contribution is 7.16. The van der Waals surface area contributed by atoms with Gasteiger partial charge in [-0.25, -0.2) is 9.97 Å². The maximum absolute atomic E-state index is 5.41. The van der Waals surface area contributed by atoms with Gasteiger partial charge in [-0.05, 0) is 72.5 Å². The fraction of sp³-hybridized carbons (Fsp3) is 0.0526. The molecule has 208 valence electrons. The van der Waals surface area contributed by atoms with E-state index in [-0.39, 0.29) is 0 Å². The standard InChI is InChI=1S/C38H24N4S2/c1-21-27(19-29(43-21)23-11-5-3-6-12-23)31-32(28-20-30(44-22(28)2)24-13-7-4-8-14-24)38-37(31)41-35-25-15-9-17-39-33(25)34-26(36(35)42-38)16-10-18-40-34/h3-20H,1-2H3. The minimum absolute atomic E-state index is 0.856. The third-order valence-electron chi connectivity index (χ3n) is 8.46. The maximum Gasteiger partial charge on any atom is 0.0996 e. The summed E-state index contributed by atoms with van der Waals surface area (Å²) >= 11 is 3.67. The van der Waals surface area contributed by atoms with Crippen molar-refractivity contribution in [3.05, 3.63) is 142 Å². The SMILES string of the molecule is Cc1sc(-c2ccccc2)cc1C1=C(c2cc(-c3ccccc3)sc2C)c2nc3c4cccnc4c4ncccc4c3nc21. The number of aryl methyl sites for hydroxylation is 2. The minimum atomic E-state index is 0.856. The fourth-order valence-corrected chi connectivity index (χ4v) is 8.44. The summed E-state index contributed by atoms with van der Waals surface area (Å²) in [7, 11) is 0. The van der Waals surface area contributed by atoms with E-state index in [2.05, 4.69) is 98.8 Å². The summed E-state index contributed by atoms with van der Waals surface area (Å²) in [6.45, 7) is 4.44. The van der Waals surface area contributed by atoms with Crippen LogP contribution in [0.15, 0.2) is 109 Å². The summed E-state index contributed by atoms with van der Waals surface area (Å²) in [5.41, 5.74) is 12.6. The number of benzene rings is 3. The number of hydrogen-bond donors (Lipinski definition) is 0. The molecule has 44 heavy (non-hydrogen) atoms. The number of rotatable bonds is 4. The Morgan fingerprint density at radius 1 is 0.477 bits per heavy atom. The summed E-state index contributed by atoms with van der Waals surface area (Å²) in [5, 5.41) is 1.95. The Morgan fingerprint density at radius 2 is 0.909 bits per heavy atom. The van der Waals surface area contributed by atoms with E-state index >= 15 is 0 Å². The summed E-state index contributed by atoms with van der Waals surface area (Å²) in [6, 6.07) is 34.0. The number of nitrogens with zero attached hydrogens (tertiary/aromatic N) is 4. The normalized spacial score (nSPS) is 12.7. The number of aromatic nitrogens is 4. The Kier molecular flexibility index (Phi) is 5.64. The molecule has 6 heteroatoms. The molecule has 0 fully saturated rings. The van der Waals surface area contributed by atoms with Crippen molar-refractivity contribution in [2.45, 2.75) is 13.8 Å². The van der Waals surface area contributed by atoms with Gasteiger partial charge in [-0.2, -0.15) is 0 Å². The zero-order chi connectivity index (χ0) is 29.4. The van der Waals surface area contributed by atoms with Gasteiger partial charge in [0.1, 0.15) is 0 Å². The quantitative estimate of drug-likeness (QED) is 0.189. The van der Waals surface area contributed by atoms with Gasteiger partial charge in [0.2, 0.25) is 0 Å². The number of pyridine rings is 2. The van der Waals surface area contributed by atoms with Crippen LogP contribution in [0.3, 0.4) is 0 Å². The third kappa shape index (κ3) is 3.75. The highest BCUT2D eigenvalue weighted by atomic mass is 32.1. The van der Waals surface area contributed by atoms with Crippen LogP contribution in [0.5, 0.6) is 0 Å². The molecule has 0 amide bonds. The van der Waals surface area contributed by atoms with Crippen LogP contribution in [0.1, 0.15) is 32.3 Å². The first kappa shape index (κ1) is 25.5. The molecular formula is C38H24N4S2. The largest absolute Gasteiger partial charge is 0.254 e. The Labute approximate surface area is 262 Å². The van der Waals surface area contributed by atoms with Gasteiger partial charge in [0.25, 0.3) is 0 Å². The van der Waals surface area contributed by atoms with Crippen LogP contribution >= 0.6 is 22.7 Å². The molecule has 8 aromatic rings. The van der Waals surface area contributed by atoms with Crippen molar-refractivity contribution in [1.29, 1.82) is 0 Å². The molecule has 0 saturated heterocycles. The Balaban J connectivity index is 1.34. The first-order valence-electron chi connectivity index (χ1n) is 14.6. The second kappa shape index (κ2) is 9.74. The van der Waals surface area contributed by atoms with E-state index in [1.54, 1.807) is 0 Å². The lowest BCUT2D eigenvalue weighted by Gasteiger charge is -2.27. The van der Waals surface area contributed by atoms with Crippen molar-refractivity contribution in [2.24, 2.45) is 0 Å². The Bertz CT molecular complexity index is 2280. The molecule has 5 aromatic heterocycles. The topological polar surface area (TPSA) is 51.6 Å². The lowest BCUT2D eigenvalue weighted by Crippen LogP contribution is -2.15. The van der Waals surface area contributed by atoms with Gasteiger partial charge in [0, 0.05) is 53.8 Å². The van der Waals surface area contributed by atoms with Crippen LogP contribution in [-0.4, -0.2) is 19.9 Å². The van der Waals surface area contributed by atoms with Crippen LogP contribution in [0.2, 0.25) is 0 Å². The van der Waals surface area contributed by atoms with Crippen molar-refractivity contribution in [1.82, 2.24) is 19.9 Å². The van der Waals surface area contributed by atoms with Gasteiger partial charge in [-0.1, -0.05) is 60.7 Å². The summed E-state index contributed by atoms with van der Waals surface area (Å²) < 4.78 is 0. The maximum atomic E-state index is 5.41. The molecule has 1 aliphatic rings. The van der Waals surface area contributed by atoms with E-state index in [4.69, 9.17) is 19.9 Å². The van der Waals surface area contributed by atoms with Gasteiger partial charge in [0.15, 0.2) is 0 Å². The van der Waals surface area contributed by atoms with Crippen LogP contribution < -0.4 is 0 Å². The fourth-order valence-electron chi connectivity index (χ4n) is 6.38. The molecule has 9 rings (SSSR count). The number of fused-ring (bicyclic) bond motifs is 7. The predicted molar refractivity (Wildman–Crippen MR) is 184 cm³/mol. The van der Waals surface area contributed by atoms with E-state index in [0.717, 1.165) is 44.2 Å². The Morgan fingerprint density at radius 3 is 1.34 bits per heavy atom. The summed E-state index contributed by atoms with van der Waals surface area (Å²) in [4.78, 5) is 25.3. The van der Waals surface area contributed by atoms with Crippen LogP contribution in [0, 0.1) is 13.8 Å². The first-order chi connectivity index (χ1) is 21.7. The van der Waals surface area contributed by atoms with E-state index in [1.165, 1.54) is 52.9 Å². The average Bonchev–Trinajstić information content (AvgIpc) is 3.64. The number of thiophene rings is 2. The van der Waals surface area contributed by atoms with Crippen molar-refractivity contribution < 1.29 is 0 Å². The van der Waals surface area contributed by atoms with Crippen LogP contribution in [0.4, 0.5) is 0 Å². The Hall–Kier alpha value is -5.04. The smallest absolute Gasteiger partial charge is 0.0996 e. The van der Waals surface area contributed by atoms with Gasteiger partial charge in [0.05, 0.1) is 33.5 Å². The van der Waals surface area contributed by atoms with E-state index < -0.39 is 0 Å². The lowest BCUT2D eigenvalue weighted by atomic mass is 9.80. The molecule has 0 N–H and O–H groups in total. The molecule has 0 unspecified atom stereocenters. The molecule has 1 aliphatic carbocycles. The highest BCUT2D eigenvalue weighted by Crippen LogP contribution is 2.52. The molecule has 0 radical (unpaired) electrons. The zero-order valence-corrected chi connectivity index (χ0v) is 25.6. The molecule has 0 aliphatic heterocycles. The predicted octanol–water partition coefficient (Wildman–Crippen LogP) is 10.1. The first-order valence-corrected chi connectivity index (χ1v) is 16.2. The third-order valence-corrected chi connectivity index (χ3v) is 10.7. The van der Waals surface area contributed by atoms with E-state index in [9.17, 15) is 0 Å². The van der Waals surface area contributed by atoms with Gasteiger partial charge in [-0.15, -0.1) is 22.7 Å². The molecule has 0 spiro atoms. The molecule has 0 atom stereocenters. The van der Waals surface area contributed by atoms with Crippen LogP contribution in [0.25, 0.3) is 64.9 Å². The average molecular weight is 601 g/mol. The van der Waals surface area contributed by atoms with Crippen LogP contribution in [-0.2, 0) is 0 Å². The second-order valence-corrected chi connectivity index (χ2v) is 13.6. The minimum Gasteiger partial charge on any atom is -0.254 e. The van der Waals surface area contributed by atoms with Crippen molar-refractivity contribution in [2.75, 3.05) is 0 Å². The second-order valence-electron chi connectivity index (χ2n) is 11.1. The van der Waals surface area contributed by atoms with Crippen molar-refractivity contribution in [3.63, 3.8) is 0 Å². The zero-order valence-electron chi connectivity index (χ0n) is 24.0. The molecule has 3 aromatic carbocycles. The molecule has 4 nitrogen and oxygen atoms in total. The summed E-state index contributed by atoms with van der Waals surface area (Å²) in [6.07, 6.45) is 3.65. The van der Waals surface area contributed by atoms with Crippen molar-refractivity contribution >= 4 is 66.7 Å². The van der Waals surface area contributed by atoms with Crippen molar-refractivity contribution in [3.8, 4) is 20.9 Å². The highest BCUT2D eigenvalue weighted by Gasteiger charge is 2.35. The number of hydrogen-bond acceptors (Lipinski definition) is 6. The van der Waals surface area contributed by atoms with Gasteiger partial charge in [-0.3, -0.25) is 9.97 Å². The van der Waals surface area contributed by atoms with E-state index in [1.807, 2.05) is 47.2 Å². The summed E-state index contributed by atoms with van der Waals surface area (Å²) in [5.74, 6) is 0. The van der Waals surface area contributed by atoms with Gasteiger partial charge < -0.3 is 0 Å². The van der Waals surface area contributed by atoms with E-state index in [0.29, 0.717) is 0 Å². The molecule has 0 saturated carbocycles. The molecular weight excluding hydrogens is 577 g/mol. The lowest BCUT2D eigenvalue weighted by molar-refractivity contribution is 1.18.